The van der Waals surface area contributed by atoms with E-state index in [1.807, 2.05) is 24.3 Å². The fraction of sp³-hybridized carbons (Fsp3) is 0.0741. The maximum atomic E-state index is 13.9. The van der Waals surface area contributed by atoms with Crippen molar-refractivity contribution >= 4 is 55.4 Å². The molecule has 0 radical (unpaired) electrons. The molecule has 4 aromatic rings. The van der Waals surface area contributed by atoms with Crippen molar-refractivity contribution in [3.63, 3.8) is 0 Å². The van der Waals surface area contributed by atoms with Gasteiger partial charge < -0.3 is 5.11 Å². The highest BCUT2D eigenvalue weighted by Crippen LogP contribution is 2.35. The number of imide groups is 1. The van der Waals surface area contributed by atoms with E-state index in [9.17, 15) is 27.9 Å². The van der Waals surface area contributed by atoms with Crippen molar-refractivity contribution in [2.24, 2.45) is 0 Å². The largest absolute Gasteiger partial charge is 0.478 e. The molecular weight excluding hydrogens is 512 g/mol. The lowest BCUT2D eigenvalue weighted by Gasteiger charge is -2.25. The number of hydrogen-bond acceptors (Lipinski definition) is 6. The number of amides is 2. The fourth-order valence-corrected chi connectivity index (χ4v) is 6.42. The zero-order valence-electron chi connectivity index (χ0n) is 19.2. The number of nitrogens with zero attached hydrogens (tertiary/aromatic N) is 1. The van der Waals surface area contributed by atoms with E-state index < -0.39 is 32.4 Å². The minimum Gasteiger partial charge on any atom is -0.478 e. The van der Waals surface area contributed by atoms with Gasteiger partial charge in [-0.05, 0) is 64.0 Å². The molecule has 4 aromatic carbocycles. The maximum absolute atomic E-state index is 13.9. The monoisotopic (exact) mass is 532 g/mol. The molecule has 1 saturated heterocycles. The average Bonchev–Trinajstić information content (AvgIpc) is 3.24. The number of sulfonamides is 1. The van der Waals surface area contributed by atoms with Gasteiger partial charge in [-0.25, -0.2) is 13.2 Å². The molecule has 2 N–H and O–H groups in total. The number of aromatic carboxylic acids is 1. The Hall–Kier alpha value is -4.15. The van der Waals surface area contributed by atoms with Crippen LogP contribution in [0.2, 0.25) is 0 Å². The number of rotatable bonds is 7. The molecule has 0 spiro atoms. The topological polar surface area (TPSA) is 121 Å². The lowest BCUT2D eigenvalue weighted by Crippen LogP contribution is -2.30. The Balaban J connectivity index is 1.54. The molecule has 0 aliphatic carbocycles. The summed E-state index contributed by atoms with van der Waals surface area (Å²) in [6, 6.07) is 24.8. The van der Waals surface area contributed by atoms with Gasteiger partial charge in [0.2, 0.25) is 5.91 Å². The van der Waals surface area contributed by atoms with Crippen LogP contribution < -0.4 is 9.62 Å². The van der Waals surface area contributed by atoms with E-state index >= 15 is 0 Å². The van der Waals surface area contributed by atoms with Gasteiger partial charge in [-0.3, -0.25) is 19.2 Å². The molecule has 37 heavy (non-hydrogen) atoms. The second kappa shape index (κ2) is 9.72. The van der Waals surface area contributed by atoms with Crippen LogP contribution in [0.1, 0.15) is 26.7 Å². The number of fused-ring (bicyclic) bond motifs is 1. The Morgan fingerprint density at radius 2 is 1.62 bits per heavy atom. The minimum atomic E-state index is -4.10. The third-order valence-electron chi connectivity index (χ3n) is 5.99. The first-order valence-corrected chi connectivity index (χ1v) is 13.5. The number of carboxylic acid groups (broad SMARTS) is 1. The van der Waals surface area contributed by atoms with Crippen molar-refractivity contribution in [2.45, 2.75) is 16.7 Å². The molecule has 1 aliphatic rings. The van der Waals surface area contributed by atoms with E-state index in [2.05, 4.69) is 5.32 Å². The molecule has 1 unspecified atom stereocenters. The Bertz CT molecular complexity index is 1650. The SMILES string of the molecule is O=C1NC(=O)C(c2ccc(CN(c3cccc(C(=O)O)c3)S(=O)(=O)c3ccc4ccccc4c3)cc2)S1. The average molecular weight is 533 g/mol. The summed E-state index contributed by atoms with van der Waals surface area (Å²) in [7, 11) is -4.10. The lowest BCUT2D eigenvalue weighted by molar-refractivity contribution is -0.119. The van der Waals surface area contributed by atoms with Crippen LogP contribution >= 0.6 is 11.8 Å². The van der Waals surface area contributed by atoms with E-state index in [4.69, 9.17) is 0 Å². The highest BCUT2D eigenvalue weighted by molar-refractivity contribution is 8.15. The molecule has 2 amide bonds. The smallest absolute Gasteiger partial charge is 0.335 e. The molecule has 1 fully saturated rings. The van der Waals surface area contributed by atoms with Crippen molar-refractivity contribution in [2.75, 3.05) is 4.31 Å². The van der Waals surface area contributed by atoms with Crippen LogP contribution in [0.15, 0.2) is 95.9 Å². The normalized spacial score (nSPS) is 15.5. The van der Waals surface area contributed by atoms with Gasteiger partial charge in [0.1, 0.15) is 5.25 Å². The Morgan fingerprint density at radius 1 is 0.892 bits per heavy atom. The van der Waals surface area contributed by atoms with Crippen molar-refractivity contribution in [3.8, 4) is 0 Å². The van der Waals surface area contributed by atoms with Crippen LogP contribution in [-0.4, -0.2) is 30.6 Å². The number of carbonyl (C=O) groups excluding carboxylic acids is 2. The van der Waals surface area contributed by atoms with Gasteiger partial charge in [-0.2, -0.15) is 0 Å². The van der Waals surface area contributed by atoms with Crippen LogP contribution in [0.4, 0.5) is 10.5 Å². The van der Waals surface area contributed by atoms with Crippen LogP contribution in [-0.2, 0) is 21.4 Å². The number of thioether (sulfide) groups is 1. The number of hydrogen-bond donors (Lipinski definition) is 2. The van der Waals surface area contributed by atoms with Crippen LogP contribution in [0.5, 0.6) is 0 Å². The van der Waals surface area contributed by atoms with Crippen molar-refractivity contribution in [1.29, 1.82) is 0 Å². The molecule has 0 bridgehead atoms. The molecule has 10 heteroatoms. The summed E-state index contributed by atoms with van der Waals surface area (Å²) in [6.45, 7) is -0.0819. The molecule has 5 rings (SSSR count). The summed E-state index contributed by atoms with van der Waals surface area (Å²) in [5.74, 6) is -1.56. The third kappa shape index (κ3) is 4.93. The number of benzene rings is 4. The number of carbonyl (C=O) groups is 3. The predicted molar refractivity (Wildman–Crippen MR) is 141 cm³/mol. The van der Waals surface area contributed by atoms with E-state index in [1.54, 1.807) is 42.5 Å². The van der Waals surface area contributed by atoms with Gasteiger partial charge in [-0.1, -0.05) is 60.7 Å². The Labute approximate surface area is 217 Å². The second-order valence-corrected chi connectivity index (χ2v) is 11.3. The molecule has 1 aliphatic heterocycles. The van der Waals surface area contributed by atoms with E-state index in [0.717, 1.165) is 22.5 Å². The Morgan fingerprint density at radius 3 is 2.30 bits per heavy atom. The quantitative estimate of drug-likeness (QED) is 0.345. The summed E-state index contributed by atoms with van der Waals surface area (Å²) in [4.78, 5) is 35.2. The predicted octanol–water partition coefficient (Wildman–Crippen LogP) is 4.96. The standard InChI is InChI=1S/C27H20N2O6S2/c30-25-24(36-27(33)28-25)19-10-8-17(9-11-19)16-29(22-7-3-6-21(14-22)26(31)32)37(34,35)23-13-12-18-4-1-2-5-20(18)15-23/h1-15,24H,16H2,(H,31,32)(H,28,30,33). The van der Waals surface area contributed by atoms with Gasteiger partial charge in [0.25, 0.3) is 15.3 Å². The van der Waals surface area contributed by atoms with Gasteiger partial charge in [0.15, 0.2) is 0 Å². The Kier molecular flexibility index (Phi) is 6.45. The van der Waals surface area contributed by atoms with E-state index in [-0.39, 0.29) is 22.7 Å². The highest BCUT2D eigenvalue weighted by Gasteiger charge is 2.33. The summed E-state index contributed by atoms with van der Waals surface area (Å²) in [5.41, 5.74) is 1.39. The van der Waals surface area contributed by atoms with E-state index in [1.165, 1.54) is 28.6 Å². The zero-order chi connectivity index (χ0) is 26.2. The molecule has 186 valence electrons. The minimum absolute atomic E-state index is 0.0412. The van der Waals surface area contributed by atoms with Crippen LogP contribution in [0.3, 0.4) is 0 Å². The molecule has 8 nitrogen and oxygen atoms in total. The molecule has 1 atom stereocenters. The zero-order valence-corrected chi connectivity index (χ0v) is 20.8. The van der Waals surface area contributed by atoms with Gasteiger partial charge >= 0.3 is 5.97 Å². The molecule has 0 aromatic heterocycles. The first-order valence-electron chi connectivity index (χ1n) is 11.2. The fourth-order valence-electron chi connectivity index (χ4n) is 4.10. The molecule has 1 heterocycles. The third-order valence-corrected chi connectivity index (χ3v) is 8.79. The highest BCUT2D eigenvalue weighted by atomic mass is 32.2. The van der Waals surface area contributed by atoms with Gasteiger partial charge in [0.05, 0.1) is 22.7 Å². The molecule has 0 saturated carbocycles. The maximum Gasteiger partial charge on any atom is 0.335 e. The second-order valence-electron chi connectivity index (χ2n) is 8.39. The van der Waals surface area contributed by atoms with Gasteiger partial charge in [-0.15, -0.1) is 0 Å². The van der Waals surface area contributed by atoms with Gasteiger partial charge in [0, 0.05) is 0 Å². The number of carboxylic acids is 1. The summed E-state index contributed by atoms with van der Waals surface area (Å²) >= 11 is 0.889. The lowest BCUT2D eigenvalue weighted by atomic mass is 10.1. The summed E-state index contributed by atoms with van der Waals surface area (Å²) in [5, 5.41) is 12.3. The van der Waals surface area contributed by atoms with Crippen molar-refractivity contribution in [1.82, 2.24) is 5.32 Å². The van der Waals surface area contributed by atoms with Crippen molar-refractivity contribution in [3.05, 3.63) is 108 Å². The first-order chi connectivity index (χ1) is 17.7. The van der Waals surface area contributed by atoms with Crippen LogP contribution in [0.25, 0.3) is 10.8 Å². The number of anilines is 1. The first kappa shape index (κ1) is 24.5. The van der Waals surface area contributed by atoms with Crippen LogP contribution in [0, 0.1) is 0 Å². The van der Waals surface area contributed by atoms with E-state index in [0.29, 0.717) is 11.1 Å². The number of nitrogens with one attached hydrogen (secondary N) is 1. The molecular formula is C27H20N2O6S2. The van der Waals surface area contributed by atoms with Crippen molar-refractivity contribution < 1.29 is 27.9 Å². The summed E-state index contributed by atoms with van der Waals surface area (Å²) in [6.07, 6.45) is 0. The summed E-state index contributed by atoms with van der Waals surface area (Å²) < 4.78 is 29.0.